The van der Waals surface area contributed by atoms with Gasteiger partial charge in [0.05, 0.1) is 0 Å². The van der Waals surface area contributed by atoms with E-state index in [1.54, 1.807) is 0 Å². The van der Waals surface area contributed by atoms with Gasteiger partial charge in [0.2, 0.25) is 5.91 Å². The molecular formula is C30H31N3O3. The molecule has 2 aromatic carbocycles. The summed E-state index contributed by atoms with van der Waals surface area (Å²) in [7, 11) is 0. The number of hydrogen-bond acceptors (Lipinski definition) is 4. The van der Waals surface area contributed by atoms with Gasteiger partial charge in [-0.1, -0.05) is 24.3 Å². The van der Waals surface area contributed by atoms with Crippen LogP contribution in [0.25, 0.3) is 22.1 Å². The molecule has 2 aliphatic carbocycles. The van der Waals surface area contributed by atoms with E-state index in [0.717, 1.165) is 90.0 Å². The Hall–Kier alpha value is -3.41. The molecule has 6 nitrogen and oxygen atoms in total. The normalized spacial score (nSPS) is 22.7. The molecule has 1 aromatic heterocycles. The van der Waals surface area contributed by atoms with Crippen molar-refractivity contribution in [3.63, 3.8) is 0 Å². The number of nitrogens with zero attached hydrogens (tertiary/aromatic N) is 3. The van der Waals surface area contributed by atoms with E-state index < -0.39 is 5.54 Å². The Bertz CT molecular complexity index is 1440. The highest BCUT2D eigenvalue weighted by molar-refractivity contribution is 6.17. The van der Waals surface area contributed by atoms with Crippen molar-refractivity contribution in [2.24, 2.45) is 16.8 Å². The van der Waals surface area contributed by atoms with Crippen LogP contribution in [0.4, 0.5) is 0 Å². The predicted molar refractivity (Wildman–Crippen MR) is 139 cm³/mol. The van der Waals surface area contributed by atoms with Crippen LogP contribution in [0.15, 0.2) is 51.9 Å². The van der Waals surface area contributed by atoms with Crippen molar-refractivity contribution in [2.45, 2.75) is 51.5 Å². The zero-order chi connectivity index (χ0) is 24.6. The Labute approximate surface area is 211 Å². The summed E-state index contributed by atoms with van der Waals surface area (Å²) in [6, 6.07) is 14.8. The number of amidine groups is 1. The lowest BCUT2D eigenvalue weighted by atomic mass is 9.98. The zero-order valence-corrected chi connectivity index (χ0v) is 20.9. The molecule has 1 spiro atoms. The Morgan fingerprint density at radius 2 is 1.83 bits per heavy atom. The third-order valence-corrected chi connectivity index (χ3v) is 8.35. The smallest absolute Gasteiger partial charge is 0.256 e. The Morgan fingerprint density at radius 3 is 2.58 bits per heavy atom. The standard InChI is InChI=1S/C30H31N3O3/c1-18-13-22(23-6-8-26-24(15-23)14-19(2)36-26)5-7-25(18)27-31-30(10-11-30)29(35)33(27)17-20-9-12-32(16-20)28(34)21-3-4-21/h5-8,13-15,20-21H,3-4,9-12,16-17H2,1-2H3/t20-/m1/s1. The number of aliphatic imine (C=N–C) groups is 1. The fourth-order valence-electron chi connectivity index (χ4n) is 5.96. The number of likely N-dealkylation sites (tertiary alicyclic amines) is 1. The highest BCUT2D eigenvalue weighted by atomic mass is 16.3. The van der Waals surface area contributed by atoms with E-state index in [1.165, 1.54) is 0 Å². The van der Waals surface area contributed by atoms with Gasteiger partial charge in [0.25, 0.3) is 5.91 Å². The third-order valence-electron chi connectivity index (χ3n) is 8.35. The van der Waals surface area contributed by atoms with Gasteiger partial charge in [-0.3, -0.25) is 19.5 Å². The number of aryl methyl sites for hydroxylation is 2. The predicted octanol–water partition coefficient (Wildman–Crippen LogP) is 5.10. The summed E-state index contributed by atoms with van der Waals surface area (Å²) in [4.78, 5) is 34.9. The van der Waals surface area contributed by atoms with Crippen LogP contribution < -0.4 is 0 Å². The van der Waals surface area contributed by atoms with Crippen molar-refractivity contribution in [3.8, 4) is 11.1 Å². The molecule has 1 atom stereocenters. The SMILES string of the molecule is Cc1cc2cc(-c3ccc(C4=NC5(CC5)C(=O)N4C[C@@H]4CCN(C(=O)C5CC5)C4)c(C)c3)ccc2o1. The fraction of sp³-hybridized carbons (Fsp3) is 0.433. The van der Waals surface area contributed by atoms with Gasteiger partial charge in [-0.15, -0.1) is 0 Å². The van der Waals surface area contributed by atoms with E-state index in [9.17, 15) is 9.59 Å². The molecule has 0 unspecified atom stereocenters. The van der Waals surface area contributed by atoms with Gasteiger partial charge in [-0.25, -0.2) is 0 Å². The summed E-state index contributed by atoms with van der Waals surface area (Å²) in [5.74, 6) is 2.74. The van der Waals surface area contributed by atoms with Crippen LogP contribution in [-0.4, -0.2) is 52.6 Å². The van der Waals surface area contributed by atoms with Gasteiger partial charge in [-0.2, -0.15) is 0 Å². The Morgan fingerprint density at radius 1 is 1.06 bits per heavy atom. The van der Waals surface area contributed by atoms with Crippen LogP contribution in [0.3, 0.4) is 0 Å². The van der Waals surface area contributed by atoms with Crippen LogP contribution in [0, 0.1) is 25.7 Å². The maximum Gasteiger partial charge on any atom is 0.256 e. The van der Waals surface area contributed by atoms with Crippen LogP contribution in [0.2, 0.25) is 0 Å². The summed E-state index contributed by atoms with van der Waals surface area (Å²) in [6.45, 7) is 6.29. The van der Waals surface area contributed by atoms with Crippen molar-refractivity contribution in [2.75, 3.05) is 19.6 Å². The number of hydrogen-bond donors (Lipinski definition) is 0. The first-order valence-electron chi connectivity index (χ1n) is 13.2. The van der Waals surface area contributed by atoms with Crippen molar-refractivity contribution in [3.05, 3.63) is 59.4 Å². The molecule has 6 heteroatoms. The molecular weight excluding hydrogens is 450 g/mol. The second-order valence-electron chi connectivity index (χ2n) is 11.2. The van der Waals surface area contributed by atoms with E-state index >= 15 is 0 Å². The van der Waals surface area contributed by atoms with Crippen LogP contribution in [0.5, 0.6) is 0 Å². The third kappa shape index (κ3) is 3.57. The lowest BCUT2D eigenvalue weighted by molar-refractivity contribution is -0.131. The quantitative estimate of drug-likeness (QED) is 0.509. The van der Waals surface area contributed by atoms with Gasteiger partial charge in [-0.05, 0) is 86.8 Å². The summed E-state index contributed by atoms with van der Waals surface area (Å²) < 4.78 is 5.73. The minimum Gasteiger partial charge on any atom is -0.461 e. The molecule has 4 aliphatic rings. The molecule has 36 heavy (non-hydrogen) atoms. The second kappa shape index (κ2) is 7.79. The second-order valence-corrected chi connectivity index (χ2v) is 11.2. The number of carbonyl (C=O) groups excluding carboxylic acids is 2. The molecule has 2 aliphatic heterocycles. The van der Waals surface area contributed by atoms with E-state index in [-0.39, 0.29) is 11.8 Å². The number of fused-ring (bicyclic) bond motifs is 1. The molecule has 3 fully saturated rings. The fourth-order valence-corrected chi connectivity index (χ4v) is 5.96. The lowest BCUT2D eigenvalue weighted by Gasteiger charge is -2.24. The molecule has 0 N–H and O–H groups in total. The monoisotopic (exact) mass is 481 g/mol. The van der Waals surface area contributed by atoms with Gasteiger partial charge in [0.15, 0.2) is 0 Å². The minimum atomic E-state index is -0.535. The molecule has 3 aromatic rings. The van der Waals surface area contributed by atoms with E-state index in [4.69, 9.17) is 9.41 Å². The average Bonchev–Trinajstić information content (AvgIpc) is 3.76. The molecule has 1 saturated heterocycles. The largest absolute Gasteiger partial charge is 0.461 e. The van der Waals surface area contributed by atoms with Gasteiger partial charge in [0, 0.05) is 36.5 Å². The van der Waals surface area contributed by atoms with Crippen LogP contribution in [-0.2, 0) is 9.59 Å². The Balaban J connectivity index is 1.15. The van der Waals surface area contributed by atoms with Crippen molar-refractivity contribution < 1.29 is 14.0 Å². The highest BCUT2D eigenvalue weighted by Crippen LogP contribution is 2.46. The first kappa shape index (κ1) is 21.8. The molecule has 2 saturated carbocycles. The topological polar surface area (TPSA) is 66.1 Å². The molecule has 7 rings (SSSR count). The summed E-state index contributed by atoms with van der Waals surface area (Å²) in [6.07, 6.45) is 4.70. The van der Waals surface area contributed by atoms with Crippen LogP contribution >= 0.6 is 0 Å². The van der Waals surface area contributed by atoms with Gasteiger partial charge < -0.3 is 9.32 Å². The molecule has 0 bridgehead atoms. The zero-order valence-electron chi connectivity index (χ0n) is 20.9. The van der Waals surface area contributed by atoms with Crippen LogP contribution in [0.1, 0.15) is 49.0 Å². The minimum absolute atomic E-state index is 0.147. The van der Waals surface area contributed by atoms with Crippen molar-refractivity contribution >= 4 is 28.6 Å². The van der Waals surface area contributed by atoms with Gasteiger partial charge in [0.1, 0.15) is 22.7 Å². The first-order chi connectivity index (χ1) is 17.4. The Kier molecular flexibility index (Phi) is 4.73. The van der Waals surface area contributed by atoms with Crippen molar-refractivity contribution in [1.82, 2.24) is 9.80 Å². The van der Waals surface area contributed by atoms with E-state index in [1.807, 2.05) is 22.8 Å². The summed E-state index contributed by atoms with van der Waals surface area (Å²) in [5.41, 5.74) is 4.79. The summed E-state index contributed by atoms with van der Waals surface area (Å²) >= 11 is 0. The van der Waals surface area contributed by atoms with E-state index in [0.29, 0.717) is 18.4 Å². The number of amides is 2. The van der Waals surface area contributed by atoms with E-state index in [2.05, 4.69) is 43.3 Å². The number of furan rings is 1. The number of carbonyl (C=O) groups is 2. The van der Waals surface area contributed by atoms with Gasteiger partial charge >= 0.3 is 0 Å². The molecule has 2 amide bonds. The molecule has 3 heterocycles. The first-order valence-corrected chi connectivity index (χ1v) is 13.2. The average molecular weight is 482 g/mol. The summed E-state index contributed by atoms with van der Waals surface area (Å²) in [5, 5.41) is 1.10. The molecule has 184 valence electrons. The highest BCUT2D eigenvalue weighted by Gasteiger charge is 2.57. The maximum absolute atomic E-state index is 13.4. The molecule has 0 radical (unpaired) electrons. The van der Waals surface area contributed by atoms with Crippen molar-refractivity contribution in [1.29, 1.82) is 0 Å². The lowest BCUT2D eigenvalue weighted by Crippen LogP contribution is -2.41. The number of rotatable bonds is 5. The number of benzene rings is 2. The maximum atomic E-state index is 13.4.